The molecule has 2 aliphatic heterocycles. The third-order valence-electron chi connectivity index (χ3n) is 4.95. The second-order valence-electron chi connectivity index (χ2n) is 6.44. The normalized spacial score (nSPS) is 27.4. The van der Waals surface area contributed by atoms with E-state index in [1.165, 1.54) is 0 Å². The summed E-state index contributed by atoms with van der Waals surface area (Å²) in [4.78, 5) is 2.32. The predicted molar refractivity (Wildman–Crippen MR) is 86.7 cm³/mol. The first kappa shape index (κ1) is 16.2. The Morgan fingerprint density at radius 1 is 1.32 bits per heavy atom. The van der Waals surface area contributed by atoms with Gasteiger partial charge in [-0.2, -0.15) is 0 Å². The second-order valence-corrected chi connectivity index (χ2v) is 6.85. The van der Waals surface area contributed by atoms with Crippen LogP contribution in [0.2, 0.25) is 5.02 Å². The summed E-state index contributed by atoms with van der Waals surface area (Å²) in [7, 11) is 2.12. The van der Waals surface area contributed by atoms with Crippen molar-refractivity contribution in [1.82, 2.24) is 10.2 Å². The molecule has 0 amide bonds. The third-order valence-corrected chi connectivity index (χ3v) is 5.26. The molecule has 122 valence electrons. The van der Waals surface area contributed by atoms with Crippen molar-refractivity contribution in [3.8, 4) is 0 Å². The Morgan fingerprint density at radius 3 is 2.82 bits per heavy atom. The number of rotatable bonds is 4. The molecule has 0 saturated carbocycles. The van der Waals surface area contributed by atoms with E-state index in [2.05, 4.69) is 17.3 Å². The highest BCUT2D eigenvalue weighted by atomic mass is 35.5. The molecule has 2 atom stereocenters. The number of benzene rings is 1. The standard InChI is InChI=1S/C17H24ClFN2O/c1-21-7-4-13(11-20-14-5-8-22-9-6-14)17(21)12-2-3-15(18)16(19)10-12/h2-3,10,13-14,17,20H,4-9,11H2,1H3/t13-,17+/m0/s1. The number of hydrogen-bond acceptors (Lipinski definition) is 3. The fraction of sp³-hybridized carbons (Fsp3) is 0.647. The molecule has 2 aliphatic rings. The van der Waals surface area contributed by atoms with Gasteiger partial charge in [-0.3, -0.25) is 4.90 Å². The van der Waals surface area contributed by atoms with Crippen LogP contribution < -0.4 is 5.32 Å². The molecule has 5 heteroatoms. The van der Waals surface area contributed by atoms with Crippen LogP contribution >= 0.6 is 11.6 Å². The van der Waals surface area contributed by atoms with E-state index in [9.17, 15) is 4.39 Å². The van der Waals surface area contributed by atoms with Crippen LogP contribution in [0.25, 0.3) is 0 Å². The van der Waals surface area contributed by atoms with Crippen molar-refractivity contribution in [2.45, 2.75) is 31.3 Å². The Labute approximate surface area is 136 Å². The van der Waals surface area contributed by atoms with Crippen molar-refractivity contribution in [3.63, 3.8) is 0 Å². The molecule has 3 rings (SSSR count). The molecule has 3 nitrogen and oxygen atoms in total. The van der Waals surface area contributed by atoms with Crippen LogP contribution in [0.15, 0.2) is 18.2 Å². The van der Waals surface area contributed by atoms with Crippen LogP contribution in [-0.4, -0.2) is 44.3 Å². The number of hydrogen-bond donors (Lipinski definition) is 1. The molecule has 2 saturated heterocycles. The van der Waals surface area contributed by atoms with Gasteiger partial charge in [0.25, 0.3) is 0 Å². The molecular formula is C17H24ClFN2O. The first-order chi connectivity index (χ1) is 10.6. The van der Waals surface area contributed by atoms with Gasteiger partial charge >= 0.3 is 0 Å². The Hall–Kier alpha value is -0.680. The van der Waals surface area contributed by atoms with Gasteiger partial charge in [0.15, 0.2) is 0 Å². The van der Waals surface area contributed by atoms with E-state index in [1.54, 1.807) is 12.1 Å². The molecule has 1 aromatic carbocycles. The number of likely N-dealkylation sites (tertiary alicyclic amines) is 1. The van der Waals surface area contributed by atoms with Crippen molar-refractivity contribution in [3.05, 3.63) is 34.6 Å². The Bertz CT molecular complexity index is 507. The lowest BCUT2D eigenvalue weighted by molar-refractivity contribution is 0.0763. The molecule has 1 N–H and O–H groups in total. The zero-order valence-corrected chi connectivity index (χ0v) is 13.8. The smallest absolute Gasteiger partial charge is 0.142 e. The summed E-state index contributed by atoms with van der Waals surface area (Å²) in [6.07, 6.45) is 3.31. The number of nitrogens with one attached hydrogen (secondary N) is 1. The minimum atomic E-state index is -0.324. The molecule has 1 aromatic rings. The van der Waals surface area contributed by atoms with Crippen LogP contribution in [0.4, 0.5) is 4.39 Å². The lowest BCUT2D eigenvalue weighted by atomic mass is 9.93. The topological polar surface area (TPSA) is 24.5 Å². The van der Waals surface area contributed by atoms with Gasteiger partial charge in [0.05, 0.1) is 5.02 Å². The first-order valence-electron chi connectivity index (χ1n) is 8.11. The molecule has 0 unspecified atom stereocenters. The van der Waals surface area contributed by atoms with Crippen molar-refractivity contribution >= 4 is 11.6 Å². The van der Waals surface area contributed by atoms with Crippen LogP contribution in [0.1, 0.15) is 30.9 Å². The van der Waals surface area contributed by atoms with Gasteiger partial charge in [-0.25, -0.2) is 4.39 Å². The van der Waals surface area contributed by atoms with Crippen LogP contribution in [0, 0.1) is 11.7 Å². The molecule has 22 heavy (non-hydrogen) atoms. The Kier molecular flexibility index (Phi) is 5.34. The quantitative estimate of drug-likeness (QED) is 0.919. The molecule has 0 radical (unpaired) electrons. The van der Waals surface area contributed by atoms with Crippen LogP contribution in [0.3, 0.4) is 0 Å². The summed E-state index contributed by atoms with van der Waals surface area (Å²) in [5, 5.41) is 3.88. The number of nitrogens with zero attached hydrogens (tertiary/aromatic N) is 1. The average molecular weight is 327 g/mol. The summed E-state index contributed by atoms with van der Waals surface area (Å²) >= 11 is 5.81. The van der Waals surface area contributed by atoms with Crippen molar-refractivity contribution in [2.75, 3.05) is 33.4 Å². The highest BCUT2D eigenvalue weighted by Crippen LogP contribution is 2.36. The largest absolute Gasteiger partial charge is 0.381 e. The Balaban J connectivity index is 1.66. The van der Waals surface area contributed by atoms with E-state index >= 15 is 0 Å². The maximum absolute atomic E-state index is 13.8. The fourth-order valence-electron chi connectivity index (χ4n) is 3.68. The molecular weight excluding hydrogens is 303 g/mol. The summed E-state index contributed by atoms with van der Waals surface area (Å²) < 4.78 is 19.2. The Morgan fingerprint density at radius 2 is 2.09 bits per heavy atom. The van der Waals surface area contributed by atoms with Gasteiger partial charge in [-0.1, -0.05) is 17.7 Å². The van der Waals surface area contributed by atoms with E-state index in [0.29, 0.717) is 12.0 Å². The molecule has 0 aliphatic carbocycles. The molecule has 0 spiro atoms. The summed E-state index contributed by atoms with van der Waals surface area (Å²) in [5.74, 6) is 0.184. The summed E-state index contributed by atoms with van der Waals surface area (Å²) in [5.41, 5.74) is 1.03. The zero-order chi connectivity index (χ0) is 15.5. The number of ether oxygens (including phenoxy) is 1. The van der Waals surface area contributed by atoms with Crippen molar-refractivity contribution in [1.29, 1.82) is 0 Å². The predicted octanol–water partition coefficient (Wildman–Crippen LogP) is 3.24. The van der Waals surface area contributed by atoms with Gasteiger partial charge in [-0.05, 0) is 56.5 Å². The second kappa shape index (κ2) is 7.26. The lowest BCUT2D eigenvalue weighted by Gasteiger charge is -2.29. The van der Waals surface area contributed by atoms with E-state index in [-0.39, 0.29) is 16.9 Å². The highest BCUT2D eigenvalue weighted by Gasteiger charge is 2.33. The fourth-order valence-corrected chi connectivity index (χ4v) is 3.80. The minimum Gasteiger partial charge on any atom is -0.381 e. The molecule has 2 heterocycles. The van der Waals surface area contributed by atoms with E-state index in [1.807, 2.05) is 6.07 Å². The SMILES string of the molecule is CN1CC[C@@H](CNC2CCOCC2)[C@H]1c1ccc(Cl)c(F)c1. The van der Waals surface area contributed by atoms with Gasteiger partial charge in [0.2, 0.25) is 0 Å². The minimum absolute atomic E-state index is 0.196. The van der Waals surface area contributed by atoms with Gasteiger partial charge in [0.1, 0.15) is 5.82 Å². The maximum Gasteiger partial charge on any atom is 0.142 e. The van der Waals surface area contributed by atoms with Crippen molar-refractivity contribution < 1.29 is 9.13 Å². The van der Waals surface area contributed by atoms with Crippen LogP contribution in [-0.2, 0) is 4.74 Å². The van der Waals surface area contributed by atoms with Crippen molar-refractivity contribution in [2.24, 2.45) is 5.92 Å². The maximum atomic E-state index is 13.8. The van der Waals surface area contributed by atoms with Gasteiger partial charge in [0, 0.05) is 31.8 Å². The van der Waals surface area contributed by atoms with Gasteiger partial charge in [-0.15, -0.1) is 0 Å². The molecule has 2 fully saturated rings. The van der Waals surface area contributed by atoms with E-state index in [0.717, 1.165) is 51.1 Å². The first-order valence-corrected chi connectivity index (χ1v) is 8.49. The molecule has 0 bridgehead atoms. The molecule has 0 aromatic heterocycles. The average Bonchev–Trinajstić information content (AvgIpc) is 2.90. The van der Waals surface area contributed by atoms with E-state index in [4.69, 9.17) is 16.3 Å². The zero-order valence-electron chi connectivity index (χ0n) is 13.0. The summed E-state index contributed by atoms with van der Waals surface area (Å²) in [6, 6.07) is 6.04. The lowest BCUT2D eigenvalue weighted by Crippen LogP contribution is -2.38. The van der Waals surface area contributed by atoms with Crippen LogP contribution in [0.5, 0.6) is 0 Å². The highest BCUT2D eigenvalue weighted by molar-refractivity contribution is 6.30. The third kappa shape index (κ3) is 3.62. The van der Waals surface area contributed by atoms with E-state index < -0.39 is 0 Å². The van der Waals surface area contributed by atoms with Gasteiger partial charge < -0.3 is 10.1 Å². The number of halogens is 2. The summed E-state index contributed by atoms with van der Waals surface area (Å²) in [6.45, 7) is 3.74. The monoisotopic (exact) mass is 326 g/mol.